The van der Waals surface area contributed by atoms with Gasteiger partial charge in [-0.15, -0.1) is 0 Å². The minimum absolute atomic E-state index is 0.171. The second-order valence-corrected chi connectivity index (χ2v) is 10.4. The zero-order chi connectivity index (χ0) is 27.7. The smallest absolute Gasteiger partial charge is 0.337 e. The first-order valence-electron chi connectivity index (χ1n) is 13.1. The average Bonchev–Trinajstić information content (AvgIpc) is 2.95. The standard InChI is InChI=1S/C32H31FN4O2/c1-20-17-25(22(3)35-27-12-8-7-11-24(27)31(38)39)29-26(18-20)28(33)21(2)30(36-29)37-15-13-32(19-34,14-16-37)23-9-5-4-6-10-23/h4-12,17-18,22,35H,13-16H2,1-3H3,(H,38,39)/t22-/m0/s1. The molecule has 1 atom stereocenters. The molecule has 0 amide bonds. The molecule has 2 heterocycles. The summed E-state index contributed by atoms with van der Waals surface area (Å²) >= 11 is 0. The average molecular weight is 523 g/mol. The highest BCUT2D eigenvalue weighted by molar-refractivity contribution is 5.94. The SMILES string of the molecule is Cc1cc([C@H](C)Nc2ccccc2C(=O)O)c2nc(N3CCC(C#N)(c4ccccc4)CC3)c(C)c(F)c2c1. The quantitative estimate of drug-likeness (QED) is 0.286. The van der Waals surface area contributed by atoms with Crippen LogP contribution in [0.25, 0.3) is 10.9 Å². The number of nitrogens with one attached hydrogen (secondary N) is 1. The van der Waals surface area contributed by atoms with Crippen LogP contribution >= 0.6 is 0 Å². The number of carboxylic acids is 1. The second kappa shape index (κ2) is 10.4. The van der Waals surface area contributed by atoms with Gasteiger partial charge in [-0.1, -0.05) is 48.5 Å². The number of aromatic carboxylic acids is 1. The number of carbonyl (C=O) groups is 1. The largest absolute Gasteiger partial charge is 0.478 e. The van der Waals surface area contributed by atoms with Crippen LogP contribution in [-0.4, -0.2) is 29.1 Å². The molecule has 1 saturated heterocycles. The molecule has 0 spiro atoms. The number of carboxylic acid groups (broad SMARTS) is 1. The fourth-order valence-electron chi connectivity index (χ4n) is 5.66. The fourth-order valence-corrected chi connectivity index (χ4v) is 5.66. The third-order valence-corrected chi connectivity index (χ3v) is 7.86. The van der Waals surface area contributed by atoms with Gasteiger partial charge in [-0.3, -0.25) is 0 Å². The third kappa shape index (κ3) is 4.79. The van der Waals surface area contributed by atoms with Crippen molar-refractivity contribution in [1.29, 1.82) is 5.26 Å². The molecule has 7 heteroatoms. The summed E-state index contributed by atoms with van der Waals surface area (Å²) in [6.07, 6.45) is 1.25. The van der Waals surface area contributed by atoms with Crippen LogP contribution in [0.5, 0.6) is 0 Å². The number of anilines is 2. The number of pyridine rings is 1. The Kier molecular flexibility index (Phi) is 6.96. The van der Waals surface area contributed by atoms with Crippen molar-refractivity contribution in [2.24, 2.45) is 0 Å². The number of halogens is 1. The normalized spacial score (nSPS) is 15.5. The van der Waals surface area contributed by atoms with Gasteiger partial charge in [-0.05, 0) is 62.9 Å². The number of nitriles is 1. The van der Waals surface area contributed by atoms with E-state index in [1.165, 1.54) is 0 Å². The lowest BCUT2D eigenvalue weighted by atomic mass is 9.74. The van der Waals surface area contributed by atoms with E-state index in [0.29, 0.717) is 53.9 Å². The van der Waals surface area contributed by atoms with Crippen LogP contribution in [0.1, 0.15) is 58.4 Å². The summed E-state index contributed by atoms with van der Waals surface area (Å²) in [5.41, 5.74) is 3.82. The van der Waals surface area contributed by atoms with Gasteiger partial charge in [0.15, 0.2) is 0 Å². The lowest BCUT2D eigenvalue weighted by molar-refractivity contribution is 0.0698. The van der Waals surface area contributed by atoms with E-state index in [2.05, 4.69) is 16.3 Å². The summed E-state index contributed by atoms with van der Waals surface area (Å²) in [7, 11) is 0. The number of fused-ring (bicyclic) bond motifs is 1. The van der Waals surface area contributed by atoms with Gasteiger partial charge in [0.25, 0.3) is 0 Å². The number of rotatable bonds is 6. The van der Waals surface area contributed by atoms with E-state index < -0.39 is 11.4 Å². The van der Waals surface area contributed by atoms with Crippen molar-refractivity contribution < 1.29 is 14.3 Å². The molecule has 0 bridgehead atoms. The highest BCUT2D eigenvalue weighted by Gasteiger charge is 2.37. The number of nitrogens with zero attached hydrogens (tertiary/aromatic N) is 3. The van der Waals surface area contributed by atoms with Crippen LogP contribution in [0.2, 0.25) is 0 Å². The first kappa shape index (κ1) is 26.2. The molecule has 0 radical (unpaired) electrons. The molecule has 1 aromatic heterocycles. The predicted octanol–water partition coefficient (Wildman–Crippen LogP) is 6.92. The molecule has 1 aliphatic heterocycles. The highest BCUT2D eigenvalue weighted by atomic mass is 19.1. The summed E-state index contributed by atoms with van der Waals surface area (Å²) in [5.74, 6) is -0.739. The first-order valence-corrected chi connectivity index (χ1v) is 13.1. The van der Waals surface area contributed by atoms with Crippen molar-refractivity contribution in [2.45, 2.75) is 45.1 Å². The summed E-state index contributed by atoms with van der Waals surface area (Å²) < 4.78 is 15.9. The summed E-state index contributed by atoms with van der Waals surface area (Å²) in [5, 5.41) is 23.5. The Hall–Kier alpha value is -4.44. The van der Waals surface area contributed by atoms with E-state index in [1.54, 1.807) is 31.2 Å². The Labute approximate surface area is 227 Å². The maximum atomic E-state index is 15.9. The van der Waals surface area contributed by atoms with Gasteiger partial charge < -0.3 is 15.3 Å². The fraction of sp³-hybridized carbons (Fsp3) is 0.281. The van der Waals surface area contributed by atoms with Crippen molar-refractivity contribution in [1.82, 2.24) is 4.98 Å². The maximum Gasteiger partial charge on any atom is 0.337 e. The van der Waals surface area contributed by atoms with Gasteiger partial charge in [0, 0.05) is 35.3 Å². The van der Waals surface area contributed by atoms with Crippen LogP contribution < -0.4 is 10.2 Å². The number of benzene rings is 3. The Morgan fingerprint density at radius 2 is 1.77 bits per heavy atom. The van der Waals surface area contributed by atoms with Gasteiger partial charge in [-0.25, -0.2) is 14.2 Å². The van der Waals surface area contributed by atoms with E-state index in [-0.39, 0.29) is 17.4 Å². The van der Waals surface area contributed by atoms with E-state index in [1.807, 2.05) is 56.3 Å². The molecular weight excluding hydrogens is 491 g/mol. The molecule has 4 aromatic rings. The Bertz CT molecular complexity index is 1590. The molecule has 5 rings (SSSR count). The number of hydrogen-bond donors (Lipinski definition) is 2. The van der Waals surface area contributed by atoms with Gasteiger partial charge in [0.1, 0.15) is 11.6 Å². The molecule has 0 saturated carbocycles. The lowest BCUT2D eigenvalue weighted by Crippen LogP contribution is -2.42. The zero-order valence-electron chi connectivity index (χ0n) is 22.3. The maximum absolute atomic E-state index is 15.9. The summed E-state index contributed by atoms with van der Waals surface area (Å²) in [6.45, 7) is 6.77. The van der Waals surface area contributed by atoms with Crippen LogP contribution in [-0.2, 0) is 5.41 Å². The zero-order valence-corrected chi connectivity index (χ0v) is 22.3. The van der Waals surface area contributed by atoms with Gasteiger partial charge in [0.2, 0.25) is 0 Å². The summed E-state index contributed by atoms with van der Waals surface area (Å²) in [6, 6.07) is 22.6. The number of para-hydroxylation sites is 1. The molecule has 1 aliphatic rings. The number of hydrogen-bond acceptors (Lipinski definition) is 5. The van der Waals surface area contributed by atoms with Gasteiger partial charge in [0.05, 0.1) is 28.6 Å². The molecule has 0 unspecified atom stereocenters. The predicted molar refractivity (Wildman–Crippen MR) is 152 cm³/mol. The number of piperidine rings is 1. The lowest BCUT2D eigenvalue weighted by Gasteiger charge is -2.39. The number of aromatic nitrogens is 1. The number of aryl methyl sites for hydroxylation is 1. The molecule has 39 heavy (non-hydrogen) atoms. The minimum Gasteiger partial charge on any atom is -0.478 e. The Balaban J connectivity index is 1.52. The molecule has 3 aromatic carbocycles. The second-order valence-electron chi connectivity index (χ2n) is 10.4. The van der Waals surface area contributed by atoms with Crippen LogP contribution in [0.3, 0.4) is 0 Å². The molecule has 0 aliphatic carbocycles. The van der Waals surface area contributed by atoms with E-state index in [9.17, 15) is 15.2 Å². The highest BCUT2D eigenvalue weighted by Crippen LogP contribution is 2.39. The van der Waals surface area contributed by atoms with Crippen LogP contribution in [0.4, 0.5) is 15.9 Å². The molecule has 6 nitrogen and oxygen atoms in total. The van der Waals surface area contributed by atoms with E-state index >= 15 is 4.39 Å². The van der Waals surface area contributed by atoms with E-state index in [4.69, 9.17) is 4.98 Å². The summed E-state index contributed by atoms with van der Waals surface area (Å²) in [4.78, 5) is 18.8. The van der Waals surface area contributed by atoms with Crippen LogP contribution in [0.15, 0.2) is 66.7 Å². The van der Waals surface area contributed by atoms with Crippen LogP contribution in [0, 0.1) is 31.0 Å². The monoisotopic (exact) mass is 522 g/mol. The first-order chi connectivity index (χ1) is 18.7. The molecule has 198 valence electrons. The molecule has 1 fully saturated rings. The molecular formula is C32H31FN4O2. The van der Waals surface area contributed by atoms with Crippen molar-refractivity contribution in [2.75, 3.05) is 23.3 Å². The Morgan fingerprint density at radius 1 is 1.10 bits per heavy atom. The topological polar surface area (TPSA) is 89.2 Å². The van der Waals surface area contributed by atoms with Crippen molar-refractivity contribution in [3.05, 3.63) is 100 Å². The van der Waals surface area contributed by atoms with Gasteiger partial charge >= 0.3 is 5.97 Å². The van der Waals surface area contributed by atoms with Crippen molar-refractivity contribution in [3.63, 3.8) is 0 Å². The minimum atomic E-state index is -1.02. The van der Waals surface area contributed by atoms with E-state index in [0.717, 1.165) is 16.7 Å². The van der Waals surface area contributed by atoms with Crippen molar-refractivity contribution in [3.8, 4) is 6.07 Å². The molecule has 2 N–H and O–H groups in total. The van der Waals surface area contributed by atoms with Crippen molar-refractivity contribution >= 4 is 28.4 Å². The Morgan fingerprint density at radius 3 is 2.44 bits per heavy atom. The third-order valence-electron chi connectivity index (χ3n) is 7.86. The van der Waals surface area contributed by atoms with Gasteiger partial charge in [-0.2, -0.15) is 5.26 Å².